The van der Waals surface area contributed by atoms with Crippen molar-refractivity contribution in [3.8, 4) is 0 Å². The van der Waals surface area contributed by atoms with E-state index in [2.05, 4.69) is 42.3 Å². The lowest BCUT2D eigenvalue weighted by molar-refractivity contribution is -0.146. The van der Waals surface area contributed by atoms with Crippen molar-refractivity contribution >= 4 is 44.9 Å². The summed E-state index contributed by atoms with van der Waals surface area (Å²) < 4.78 is 1.15. The number of rotatable bonds is 3. The van der Waals surface area contributed by atoms with Crippen LogP contribution in [0.15, 0.2) is 30.5 Å². The third kappa shape index (κ3) is 4.39. The van der Waals surface area contributed by atoms with Gasteiger partial charge in [0.25, 0.3) is 0 Å². The van der Waals surface area contributed by atoms with Gasteiger partial charge in [-0.25, -0.2) is 9.97 Å². The molecule has 0 radical (unpaired) electrons. The van der Waals surface area contributed by atoms with Crippen LogP contribution in [0.5, 0.6) is 0 Å². The molecule has 2 amide bonds. The van der Waals surface area contributed by atoms with Gasteiger partial charge < -0.3 is 16.0 Å². The number of carbonyl (C=O) groups excluding carboxylic acids is 2. The molecule has 2 aromatic heterocycles. The zero-order chi connectivity index (χ0) is 22.1. The van der Waals surface area contributed by atoms with Crippen molar-refractivity contribution in [3.05, 3.63) is 46.6 Å². The molecule has 1 aliphatic heterocycles. The molecule has 7 nitrogen and oxygen atoms in total. The number of amides is 2. The van der Waals surface area contributed by atoms with Gasteiger partial charge in [0.2, 0.25) is 0 Å². The van der Waals surface area contributed by atoms with Crippen molar-refractivity contribution < 1.29 is 9.59 Å². The van der Waals surface area contributed by atoms with E-state index < -0.39 is 11.8 Å². The minimum atomic E-state index is -0.659. The number of nitrogens with two attached hydrogens (primary N) is 1. The molecule has 0 bridgehead atoms. The normalized spacial score (nSPS) is 18.9. The average molecular weight is 438 g/mol. The predicted molar refractivity (Wildman–Crippen MR) is 124 cm³/mol. The predicted octanol–water partition coefficient (Wildman–Crippen LogP) is 4.08. The molecule has 0 spiro atoms. The molecule has 0 saturated carbocycles. The number of aromatic nitrogens is 2. The van der Waals surface area contributed by atoms with Crippen LogP contribution in [0.1, 0.15) is 48.9 Å². The van der Waals surface area contributed by atoms with Gasteiger partial charge in [-0.3, -0.25) is 9.59 Å². The Balaban J connectivity index is 1.58. The van der Waals surface area contributed by atoms with E-state index in [1.54, 1.807) is 29.2 Å². The highest BCUT2D eigenvalue weighted by atomic mass is 32.1. The Morgan fingerprint density at radius 1 is 1.29 bits per heavy atom. The fraction of sp³-hybridized carbons (Fsp3) is 0.391. The molecule has 1 aromatic carbocycles. The molecular weight excluding hydrogens is 410 g/mol. The Morgan fingerprint density at radius 2 is 2.10 bits per heavy atom. The lowest BCUT2D eigenvalue weighted by Crippen LogP contribution is -2.46. The standard InChI is InChI=1S/C23H27N5O2S/c1-4-20-27-17-10-15(6-8-19(17)31-20)18-7-5-13(2)12-28(18)23(30)22(29)26-16-9-14(3)21(24)25-11-16/h6,8-11,13,18H,4-5,7,12H2,1-3H3,(H2,24,25)(H,26,29). The van der Waals surface area contributed by atoms with Gasteiger partial charge in [0.05, 0.1) is 33.2 Å². The summed E-state index contributed by atoms with van der Waals surface area (Å²) in [5.74, 6) is -0.451. The van der Waals surface area contributed by atoms with E-state index in [0.29, 0.717) is 24.0 Å². The van der Waals surface area contributed by atoms with Gasteiger partial charge in [-0.2, -0.15) is 0 Å². The maximum Gasteiger partial charge on any atom is 0.313 e. The lowest BCUT2D eigenvalue weighted by atomic mass is 9.89. The van der Waals surface area contributed by atoms with Crippen LogP contribution in [0.2, 0.25) is 0 Å². The SMILES string of the molecule is CCc1nc2cc(C3CCC(C)CN3C(=O)C(=O)Nc3cnc(N)c(C)c3)ccc2s1. The Hall–Kier alpha value is -3.00. The van der Waals surface area contributed by atoms with Crippen molar-refractivity contribution in [2.45, 2.75) is 46.1 Å². The number of hydrogen-bond donors (Lipinski definition) is 2. The van der Waals surface area contributed by atoms with Gasteiger partial charge in [-0.05, 0) is 61.4 Å². The van der Waals surface area contributed by atoms with Gasteiger partial charge in [0.15, 0.2) is 0 Å². The molecule has 31 heavy (non-hydrogen) atoms. The largest absolute Gasteiger partial charge is 0.383 e. The van der Waals surface area contributed by atoms with Crippen LogP contribution in [-0.2, 0) is 16.0 Å². The third-order valence-corrected chi connectivity index (χ3v) is 6.97. The zero-order valence-corrected chi connectivity index (χ0v) is 18.8. The number of likely N-dealkylation sites (tertiary alicyclic amines) is 1. The van der Waals surface area contributed by atoms with E-state index in [1.165, 1.54) is 6.20 Å². The number of thiazole rings is 1. The molecule has 0 aliphatic carbocycles. The van der Waals surface area contributed by atoms with E-state index in [0.717, 1.165) is 45.6 Å². The number of pyridine rings is 1. The van der Waals surface area contributed by atoms with Crippen molar-refractivity contribution in [3.63, 3.8) is 0 Å². The first-order chi connectivity index (χ1) is 14.9. The highest BCUT2D eigenvalue weighted by molar-refractivity contribution is 7.18. The number of piperidine rings is 1. The number of benzene rings is 1. The Bertz CT molecular complexity index is 1140. The molecule has 162 valence electrons. The average Bonchev–Trinajstić information content (AvgIpc) is 3.18. The Labute approximate surface area is 185 Å². The molecule has 8 heteroatoms. The number of nitrogen functional groups attached to an aromatic ring is 1. The third-order valence-electron chi connectivity index (χ3n) is 5.79. The molecule has 3 aromatic rings. The second-order valence-electron chi connectivity index (χ2n) is 8.22. The number of carbonyl (C=O) groups is 2. The van der Waals surface area contributed by atoms with Crippen LogP contribution in [-0.4, -0.2) is 33.2 Å². The van der Waals surface area contributed by atoms with Crippen molar-refractivity contribution in [2.75, 3.05) is 17.6 Å². The van der Waals surface area contributed by atoms with E-state index in [4.69, 9.17) is 10.7 Å². The maximum absolute atomic E-state index is 13.2. The second-order valence-corrected chi connectivity index (χ2v) is 9.34. The summed E-state index contributed by atoms with van der Waals surface area (Å²) in [4.78, 5) is 36.4. The summed E-state index contributed by atoms with van der Waals surface area (Å²) >= 11 is 1.70. The quantitative estimate of drug-likeness (QED) is 0.601. The summed E-state index contributed by atoms with van der Waals surface area (Å²) in [7, 11) is 0. The molecule has 1 fully saturated rings. The number of nitrogens with one attached hydrogen (secondary N) is 1. The van der Waals surface area contributed by atoms with E-state index in [1.807, 2.05) is 0 Å². The summed E-state index contributed by atoms with van der Waals surface area (Å²) in [6.45, 7) is 6.56. The van der Waals surface area contributed by atoms with Crippen LogP contribution in [0, 0.1) is 12.8 Å². The van der Waals surface area contributed by atoms with Gasteiger partial charge in [-0.15, -0.1) is 11.3 Å². The van der Waals surface area contributed by atoms with Gasteiger partial charge in [0, 0.05) is 6.54 Å². The minimum absolute atomic E-state index is 0.142. The first-order valence-corrected chi connectivity index (χ1v) is 11.4. The van der Waals surface area contributed by atoms with Crippen LogP contribution >= 0.6 is 11.3 Å². The lowest BCUT2D eigenvalue weighted by Gasteiger charge is -2.38. The van der Waals surface area contributed by atoms with Gasteiger partial charge in [0.1, 0.15) is 5.82 Å². The first kappa shape index (κ1) is 21.2. The van der Waals surface area contributed by atoms with Crippen LogP contribution < -0.4 is 11.1 Å². The fourth-order valence-corrected chi connectivity index (χ4v) is 4.93. The maximum atomic E-state index is 13.2. The highest BCUT2D eigenvalue weighted by Gasteiger charge is 2.34. The molecule has 4 rings (SSSR count). The van der Waals surface area contributed by atoms with Gasteiger partial charge >= 0.3 is 11.8 Å². The number of anilines is 2. The zero-order valence-electron chi connectivity index (χ0n) is 18.0. The van der Waals surface area contributed by atoms with E-state index in [9.17, 15) is 9.59 Å². The Morgan fingerprint density at radius 3 is 2.84 bits per heavy atom. The van der Waals surface area contributed by atoms with E-state index in [-0.39, 0.29) is 6.04 Å². The number of hydrogen-bond acceptors (Lipinski definition) is 6. The topological polar surface area (TPSA) is 101 Å². The van der Waals surface area contributed by atoms with Crippen LogP contribution in [0.4, 0.5) is 11.5 Å². The summed E-state index contributed by atoms with van der Waals surface area (Å²) in [5.41, 5.74) is 8.93. The monoisotopic (exact) mass is 437 g/mol. The van der Waals surface area contributed by atoms with E-state index >= 15 is 0 Å². The molecule has 2 unspecified atom stereocenters. The number of aryl methyl sites for hydroxylation is 2. The molecule has 3 N–H and O–H groups in total. The molecule has 1 aliphatic rings. The summed E-state index contributed by atoms with van der Waals surface area (Å²) in [6, 6.07) is 7.77. The Kier molecular flexibility index (Phi) is 5.91. The minimum Gasteiger partial charge on any atom is -0.383 e. The molecule has 3 heterocycles. The number of fused-ring (bicyclic) bond motifs is 1. The molecule has 1 saturated heterocycles. The first-order valence-electron chi connectivity index (χ1n) is 10.6. The van der Waals surface area contributed by atoms with Crippen molar-refractivity contribution in [2.24, 2.45) is 5.92 Å². The number of nitrogens with zero attached hydrogens (tertiary/aromatic N) is 3. The second kappa shape index (κ2) is 8.63. The van der Waals surface area contributed by atoms with Crippen molar-refractivity contribution in [1.82, 2.24) is 14.9 Å². The summed E-state index contributed by atoms with van der Waals surface area (Å²) in [5, 5.41) is 3.78. The molecular formula is C23H27N5O2S. The highest BCUT2D eigenvalue weighted by Crippen LogP contribution is 2.35. The fourth-order valence-electron chi connectivity index (χ4n) is 4.04. The van der Waals surface area contributed by atoms with Gasteiger partial charge in [-0.1, -0.05) is 19.9 Å². The van der Waals surface area contributed by atoms with Crippen molar-refractivity contribution in [1.29, 1.82) is 0 Å². The summed E-state index contributed by atoms with van der Waals surface area (Å²) in [6.07, 6.45) is 4.19. The van der Waals surface area contributed by atoms with Crippen LogP contribution in [0.3, 0.4) is 0 Å². The smallest absolute Gasteiger partial charge is 0.313 e. The van der Waals surface area contributed by atoms with Crippen LogP contribution in [0.25, 0.3) is 10.2 Å². The molecule has 2 atom stereocenters.